The molecule has 148 valence electrons. The number of ether oxygens (including phenoxy) is 1. The van der Waals surface area contributed by atoms with E-state index < -0.39 is 0 Å². The summed E-state index contributed by atoms with van der Waals surface area (Å²) in [7, 11) is 0. The van der Waals surface area contributed by atoms with Crippen molar-refractivity contribution >= 4 is 11.7 Å². The molecule has 0 radical (unpaired) electrons. The predicted molar refractivity (Wildman–Crippen MR) is 112 cm³/mol. The number of fused-ring (bicyclic) bond motifs is 1. The van der Waals surface area contributed by atoms with Gasteiger partial charge in [0.25, 0.3) is 0 Å². The van der Waals surface area contributed by atoms with E-state index in [9.17, 15) is 4.79 Å². The normalized spacial score (nSPS) is 19.4. The molecule has 2 heterocycles. The molecule has 0 aromatic heterocycles. The molecule has 0 spiro atoms. The van der Waals surface area contributed by atoms with Gasteiger partial charge < -0.3 is 20.3 Å². The molecule has 0 aliphatic carbocycles. The van der Waals surface area contributed by atoms with Gasteiger partial charge in [0.05, 0.1) is 12.7 Å². The zero-order valence-corrected chi connectivity index (χ0v) is 16.7. The Morgan fingerprint density at radius 3 is 2.71 bits per heavy atom. The first-order valence-electron chi connectivity index (χ1n) is 10.2. The molecule has 1 unspecified atom stereocenters. The zero-order chi connectivity index (χ0) is 19.5. The molecule has 2 aliphatic rings. The van der Waals surface area contributed by atoms with Crippen molar-refractivity contribution in [2.45, 2.75) is 38.8 Å². The summed E-state index contributed by atoms with van der Waals surface area (Å²) in [5.74, 6) is 0.497. The third-order valence-electron chi connectivity index (χ3n) is 5.66. The fourth-order valence-corrected chi connectivity index (χ4v) is 3.87. The summed E-state index contributed by atoms with van der Waals surface area (Å²) in [4.78, 5) is 14.7. The quantitative estimate of drug-likeness (QED) is 0.846. The molecular weight excluding hydrogens is 350 g/mol. The van der Waals surface area contributed by atoms with Crippen LogP contribution in [0.4, 0.5) is 10.5 Å². The van der Waals surface area contributed by atoms with Gasteiger partial charge in [-0.05, 0) is 46.7 Å². The molecule has 1 fully saturated rings. The smallest absolute Gasteiger partial charge is 0.322 e. The minimum Gasteiger partial charge on any atom is -0.371 e. The van der Waals surface area contributed by atoms with Crippen molar-refractivity contribution < 1.29 is 9.53 Å². The second kappa shape index (κ2) is 8.33. The molecule has 2 aliphatic heterocycles. The first-order valence-corrected chi connectivity index (χ1v) is 10.2. The van der Waals surface area contributed by atoms with Crippen LogP contribution in [0.1, 0.15) is 48.1 Å². The molecule has 0 saturated carbocycles. The summed E-state index contributed by atoms with van der Waals surface area (Å²) < 4.78 is 5.78. The van der Waals surface area contributed by atoms with Gasteiger partial charge in [-0.15, -0.1) is 0 Å². The highest BCUT2D eigenvalue weighted by molar-refractivity contribution is 5.89. The summed E-state index contributed by atoms with van der Waals surface area (Å²) in [5.41, 5.74) is 5.91. The van der Waals surface area contributed by atoms with Gasteiger partial charge in [0.2, 0.25) is 0 Å². The molecule has 5 heteroatoms. The highest BCUT2D eigenvalue weighted by Crippen LogP contribution is 2.25. The Morgan fingerprint density at radius 2 is 2.00 bits per heavy atom. The van der Waals surface area contributed by atoms with Crippen LogP contribution in [0.25, 0.3) is 0 Å². The van der Waals surface area contributed by atoms with Gasteiger partial charge in [-0.25, -0.2) is 4.79 Å². The molecule has 2 amide bonds. The standard InChI is InChI=1S/C23H29N3O2/c1-16(2)19-4-3-17-9-11-26(15-20(17)13-19)23(27)25-21-7-5-18(6-8-21)22-14-24-10-12-28-22/h3-8,13,16,22,24H,9-12,14-15H2,1-2H3,(H,25,27). The molecule has 5 nitrogen and oxygen atoms in total. The van der Waals surface area contributed by atoms with Crippen molar-refractivity contribution in [3.8, 4) is 0 Å². The van der Waals surface area contributed by atoms with Crippen LogP contribution < -0.4 is 10.6 Å². The molecule has 4 rings (SSSR count). The number of anilines is 1. The van der Waals surface area contributed by atoms with E-state index in [2.05, 4.69) is 42.7 Å². The van der Waals surface area contributed by atoms with E-state index in [1.54, 1.807) is 0 Å². The van der Waals surface area contributed by atoms with Crippen molar-refractivity contribution in [3.63, 3.8) is 0 Å². The fraction of sp³-hybridized carbons (Fsp3) is 0.435. The number of rotatable bonds is 3. The molecule has 2 aromatic carbocycles. The Bertz CT molecular complexity index is 826. The van der Waals surface area contributed by atoms with Gasteiger partial charge in [0.1, 0.15) is 0 Å². The van der Waals surface area contributed by atoms with Crippen LogP contribution in [0.15, 0.2) is 42.5 Å². The second-order valence-electron chi connectivity index (χ2n) is 7.97. The number of hydrogen-bond donors (Lipinski definition) is 2. The summed E-state index contributed by atoms with van der Waals surface area (Å²) in [5, 5.41) is 6.38. The van der Waals surface area contributed by atoms with Crippen molar-refractivity contribution in [1.29, 1.82) is 0 Å². The van der Waals surface area contributed by atoms with Crippen LogP contribution in [0, 0.1) is 0 Å². The summed E-state index contributed by atoms with van der Waals surface area (Å²) in [6, 6.07) is 14.6. The Morgan fingerprint density at radius 1 is 1.18 bits per heavy atom. The van der Waals surface area contributed by atoms with Crippen LogP contribution in [0.5, 0.6) is 0 Å². The molecule has 2 aromatic rings. The first kappa shape index (κ1) is 19.0. The van der Waals surface area contributed by atoms with Gasteiger partial charge in [-0.3, -0.25) is 0 Å². The fourth-order valence-electron chi connectivity index (χ4n) is 3.87. The highest BCUT2D eigenvalue weighted by Gasteiger charge is 2.22. The lowest BCUT2D eigenvalue weighted by molar-refractivity contribution is 0.0277. The summed E-state index contributed by atoms with van der Waals surface area (Å²) in [6.07, 6.45) is 0.999. The summed E-state index contributed by atoms with van der Waals surface area (Å²) in [6.45, 7) is 8.29. The third kappa shape index (κ3) is 4.21. The van der Waals surface area contributed by atoms with E-state index in [0.29, 0.717) is 12.5 Å². The summed E-state index contributed by atoms with van der Waals surface area (Å²) >= 11 is 0. The largest absolute Gasteiger partial charge is 0.371 e. The van der Waals surface area contributed by atoms with Crippen LogP contribution in [0.3, 0.4) is 0 Å². The average Bonchev–Trinajstić information content (AvgIpc) is 2.74. The maximum Gasteiger partial charge on any atom is 0.322 e. The average molecular weight is 380 g/mol. The molecular formula is C23H29N3O2. The van der Waals surface area contributed by atoms with Gasteiger partial charge in [-0.2, -0.15) is 0 Å². The van der Waals surface area contributed by atoms with E-state index in [1.165, 1.54) is 16.7 Å². The lowest BCUT2D eigenvalue weighted by Gasteiger charge is -2.29. The Hall–Kier alpha value is -2.37. The highest BCUT2D eigenvalue weighted by atomic mass is 16.5. The monoisotopic (exact) mass is 379 g/mol. The number of hydrogen-bond acceptors (Lipinski definition) is 3. The Kier molecular flexibility index (Phi) is 5.64. The van der Waals surface area contributed by atoms with Crippen LogP contribution >= 0.6 is 0 Å². The van der Waals surface area contributed by atoms with Crippen LogP contribution in [-0.2, 0) is 17.7 Å². The van der Waals surface area contributed by atoms with Crippen molar-refractivity contribution in [2.75, 3.05) is 31.6 Å². The number of benzene rings is 2. The van der Waals surface area contributed by atoms with Crippen molar-refractivity contribution in [2.24, 2.45) is 0 Å². The lowest BCUT2D eigenvalue weighted by atomic mass is 9.93. The van der Waals surface area contributed by atoms with E-state index in [4.69, 9.17) is 4.74 Å². The Labute approximate surface area is 167 Å². The van der Waals surface area contributed by atoms with Gasteiger partial charge in [0.15, 0.2) is 0 Å². The predicted octanol–water partition coefficient (Wildman–Crippen LogP) is 4.06. The third-order valence-corrected chi connectivity index (χ3v) is 5.66. The minimum absolute atomic E-state index is 0.0380. The maximum atomic E-state index is 12.8. The molecule has 1 atom stereocenters. The molecule has 1 saturated heterocycles. The number of amides is 2. The van der Waals surface area contributed by atoms with Crippen LogP contribution in [0.2, 0.25) is 0 Å². The topological polar surface area (TPSA) is 53.6 Å². The van der Waals surface area contributed by atoms with Crippen molar-refractivity contribution in [3.05, 3.63) is 64.7 Å². The van der Waals surface area contributed by atoms with E-state index in [0.717, 1.165) is 43.9 Å². The number of nitrogens with zero attached hydrogens (tertiary/aromatic N) is 1. The number of carbonyl (C=O) groups is 1. The molecule has 28 heavy (non-hydrogen) atoms. The molecule has 0 bridgehead atoms. The van der Waals surface area contributed by atoms with Gasteiger partial charge in [0, 0.05) is 31.9 Å². The minimum atomic E-state index is -0.0380. The molecule has 2 N–H and O–H groups in total. The number of nitrogens with one attached hydrogen (secondary N) is 2. The van der Waals surface area contributed by atoms with E-state index >= 15 is 0 Å². The maximum absolute atomic E-state index is 12.8. The first-order chi connectivity index (χ1) is 13.6. The van der Waals surface area contributed by atoms with Crippen LogP contribution in [-0.4, -0.2) is 37.2 Å². The van der Waals surface area contributed by atoms with Gasteiger partial charge in [-0.1, -0.05) is 44.2 Å². The van der Waals surface area contributed by atoms with Gasteiger partial charge >= 0.3 is 6.03 Å². The zero-order valence-electron chi connectivity index (χ0n) is 16.7. The second-order valence-corrected chi connectivity index (χ2v) is 7.97. The Balaban J connectivity index is 1.39. The van der Waals surface area contributed by atoms with E-state index in [-0.39, 0.29) is 12.1 Å². The number of carbonyl (C=O) groups excluding carboxylic acids is 1. The van der Waals surface area contributed by atoms with E-state index in [1.807, 2.05) is 29.2 Å². The lowest BCUT2D eigenvalue weighted by Crippen LogP contribution is -2.39. The number of urea groups is 1. The SMILES string of the molecule is CC(C)c1ccc2c(c1)CN(C(=O)Nc1ccc(C3CNCCO3)cc1)CC2. The number of morpholine rings is 1. The van der Waals surface area contributed by atoms with Crippen molar-refractivity contribution in [1.82, 2.24) is 10.2 Å².